The van der Waals surface area contributed by atoms with Crippen LogP contribution in [0.1, 0.15) is 29.8 Å². The molecule has 1 aromatic rings. The van der Waals surface area contributed by atoms with Crippen LogP contribution >= 0.6 is 15.9 Å². The number of nitrogens with one attached hydrogen (secondary N) is 1. The van der Waals surface area contributed by atoms with E-state index in [0.717, 1.165) is 10.0 Å². The maximum atomic E-state index is 11.9. The summed E-state index contributed by atoms with van der Waals surface area (Å²) in [5, 5.41) is 11.6. The molecular weight excluding hydrogens is 280 g/mol. The van der Waals surface area contributed by atoms with E-state index in [1.165, 1.54) is 0 Å². The molecule has 0 aromatic heterocycles. The quantitative estimate of drug-likeness (QED) is 0.931. The lowest BCUT2D eigenvalue weighted by Crippen LogP contribution is -2.37. The first-order valence-corrected chi connectivity index (χ1v) is 6.21. The van der Waals surface area contributed by atoms with Gasteiger partial charge in [0.15, 0.2) is 0 Å². The fourth-order valence-corrected chi connectivity index (χ4v) is 1.61. The summed E-state index contributed by atoms with van der Waals surface area (Å²) in [7, 11) is 0. The van der Waals surface area contributed by atoms with Crippen LogP contribution in [0.4, 0.5) is 0 Å². The van der Waals surface area contributed by atoms with Crippen molar-refractivity contribution in [2.24, 2.45) is 5.92 Å². The van der Waals surface area contributed by atoms with Gasteiger partial charge < -0.3 is 5.32 Å². The van der Waals surface area contributed by atoms with Gasteiger partial charge >= 0.3 is 0 Å². The number of nitriles is 1. The van der Waals surface area contributed by atoms with Gasteiger partial charge in [0.25, 0.3) is 5.91 Å². The predicted octanol–water partition coefficient (Wildman–Crippen LogP) is 3.04. The number of amides is 1. The van der Waals surface area contributed by atoms with Crippen LogP contribution in [0.2, 0.25) is 0 Å². The molecule has 1 atom stereocenters. The van der Waals surface area contributed by atoms with Crippen LogP contribution < -0.4 is 5.32 Å². The van der Waals surface area contributed by atoms with Crippen LogP contribution in [0.5, 0.6) is 0 Å². The van der Waals surface area contributed by atoms with Crippen LogP contribution in [-0.2, 0) is 0 Å². The Morgan fingerprint density at radius 2 is 2.12 bits per heavy atom. The molecule has 0 saturated carbocycles. The largest absolute Gasteiger partial charge is 0.336 e. The van der Waals surface area contributed by atoms with Crippen molar-refractivity contribution < 1.29 is 4.79 Å². The van der Waals surface area contributed by atoms with Gasteiger partial charge in [-0.15, -0.1) is 0 Å². The molecular formula is C13H15BrN2O. The Bertz CT molecular complexity index is 463. The van der Waals surface area contributed by atoms with Gasteiger partial charge in [0.05, 0.1) is 6.07 Å². The number of benzene rings is 1. The number of aryl methyl sites for hydroxylation is 1. The van der Waals surface area contributed by atoms with Crippen LogP contribution in [0.25, 0.3) is 0 Å². The van der Waals surface area contributed by atoms with Crippen molar-refractivity contribution in [3.05, 3.63) is 33.8 Å². The van der Waals surface area contributed by atoms with Crippen LogP contribution in [0.15, 0.2) is 22.7 Å². The minimum Gasteiger partial charge on any atom is -0.336 e. The molecule has 0 aliphatic carbocycles. The normalized spacial score (nSPS) is 12.0. The summed E-state index contributed by atoms with van der Waals surface area (Å²) in [4.78, 5) is 11.9. The number of hydrogen-bond donors (Lipinski definition) is 1. The third-order valence-electron chi connectivity index (χ3n) is 2.51. The van der Waals surface area contributed by atoms with Gasteiger partial charge in [-0.1, -0.05) is 29.8 Å². The summed E-state index contributed by atoms with van der Waals surface area (Å²) >= 11 is 3.38. The minimum atomic E-state index is -0.452. The second-order valence-electron chi connectivity index (χ2n) is 4.29. The second-order valence-corrected chi connectivity index (χ2v) is 5.14. The van der Waals surface area contributed by atoms with Crippen molar-refractivity contribution in [2.75, 3.05) is 0 Å². The molecule has 90 valence electrons. The highest BCUT2D eigenvalue weighted by molar-refractivity contribution is 9.10. The summed E-state index contributed by atoms with van der Waals surface area (Å²) in [5.41, 5.74) is 1.57. The minimum absolute atomic E-state index is 0.0977. The summed E-state index contributed by atoms with van der Waals surface area (Å²) in [6.45, 7) is 5.73. The maximum Gasteiger partial charge on any atom is 0.252 e. The number of carbonyl (C=O) groups excluding carboxylic acids is 1. The Kier molecular flexibility index (Phi) is 4.71. The smallest absolute Gasteiger partial charge is 0.252 e. The predicted molar refractivity (Wildman–Crippen MR) is 70.6 cm³/mol. The summed E-state index contributed by atoms with van der Waals surface area (Å²) < 4.78 is 0.967. The highest BCUT2D eigenvalue weighted by Crippen LogP contribution is 2.17. The SMILES string of the molecule is Cc1cc(C(=O)NC(C#N)C(C)C)ccc1Br. The first-order valence-electron chi connectivity index (χ1n) is 5.42. The lowest BCUT2D eigenvalue weighted by molar-refractivity contribution is 0.0937. The van der Waals surface area contributed by atoms with Gasteiger partial charge in [-0.05, 0) is 36.6 Å². The third kappa shape index (κ3) is 3.57. The highest BCUT2D eigenvalue weighted by atomic mass is 79.9. The van der Waals surface area contributed by atoms with Crippen molar-refractivity contribution in [1.82, 2.24) is 5.32 Å². The summed E-state index contributed by atoms with van der Waals surface area (Å²) in [6.07, 6.45) is 0. The van der Waals surface area contributed by atoms with Crippen molar-refractivity contribution in [1.29, 1.82) is 5.26 Å². The van der Waals surface area contributed by atoms with E-state index in [2.05, 4.69) is 27.3 Å². The summed E-state index contributed by atoms with van der Waals surface area (Å²) in [5.74, 6) is -0.110. The van der Waals surface area contributed by atoms with E-state index in [9.17, 15) is 4.79 Å². The molecule has 1 rings (SSSR count). The van der Waals surface area contributed by atoms with E-state index in [1.807, 2.05) is 26.8 Å². The zero-order valence-corrected chi connectivity index (χ0v) is 11.7. The molecule has 0 saturated heterocycles. The first kappa shape index (κ1) is 13.7. The first-order chi connectivity index (χ1) is 7.95. The number of halogens is 1. The molecule has 0 bridgehead atoms. The molecule has 1 N–H and O–H groups in total. The number of carbonyl (C=O) groups is 1. The molecule has 0 aliphatic heterocycles. The van der Waals surface area contributed by atoms with Crippen LogP contribution in [0.3, 0.4) is 0 Å². The van der Waals surface area contributed by atoms with Crippen molar-refractivity contribution in [2.45, 2.75) is 26.8 Å². The standard InChI is InChI=1S/C13H15BrN2O/c1-8(2)12(7-15)16-13(17)10-4-5-11(14)9(3)6-10/h4-6,8,12H,1-3H3,(H,16,17). The molecule has 3 nitrogen and oxygen atoms in total. The van der Waals surface area contributed by atoms with Crippen molar-refractivity contribution >= 4 is 21.8 Å². The fraction of sp³-hybridized carbons (Fsp3) is 0.385. The van der Waals surface area contributed by atoms with Gasteiger partial charge in [-0.3, -0.25) is 4.79 Å². The molecule has 0 fully saturated rings. The molecule has 4 heteroatoms. The van der Waals surface area contributed by atoms with E-state index >= 15 is 0 Å². The van der Waals surface area contributed by atoms with Crippen LogP contribution in [0, 0.1) is 24.2 Å². The lowest BCUT2D eigenvalue weighted by Gasteiger charge is -2.15. The van der Waals surface area contributed by atoms with E-state index < -0.39 is 6.04 Å². The molecule has 0 aliphatic rings. The molecule has 0 radical (unpaired) electrons. The van der Waals surface area contributed by atoms with E-state index in [1.54, 1.807) is 12.1 Å². The molecule has 1 amide bonds. The third-order valence-corrected chi connectivity index (χ3v) is 3.40. The number of rotatable bonds is 3. The Morgan fingerprint density at radius 1 is 1.47 bits per heavy atom. The Hall–Kier alpha value is -1.34. The Morgan fingerprint density at radius 3 is 2.59 bits per heavy atom. The summed E-state index contributed by atoms with van der Waals surface area (Å²) in [6, 6.07) is 7.01. The van der Waals surface area contributed by atoms with Gasteiger partial charge in [0.1, 0.15) is 6.04 Å². The van der Waals surface area contributed by atoms with E-state index in [0.29, 0.717) is 5.56 Å². The monoisotopic (exact) mass is 294 g/mol. The maximum absolute atomic E-state index is 11.9. The molecule has 0 spiro atoms. The van der Waals surface area contributed by atoms with E-state index in [4.69, 9.17) is 5.26 Å². The Balaban J connectivity index is 2.83. The van der Waals surface area contributed by atoms with Gasteiger partial charge in [0, 0.05) is 10.0 Å². The topological polar surface area (TPSA) is 52.9 Å². The van der Waals surface area contributed by atoms with Gasteiger partial charge in [0.2, 0.25) is 0 Å². The van der Waals surface area contributed by atoms with Crippen LogP contribution in [-0.4, -0.2) is 11.9 Å². The number of hydrogen-bond acceptors (Lipinski definition) is 2. The zero-order chi connectivity index (χ0) is 13.0. The van der Waals surface area contributed by atoms with Gasteiger partial charge in [-0.25, -0.2) is 0 Å². The fourth-order valence-electron chi connectivity index (χ4n) is 1.36. The average molecular weight is 295 g/mol. The second kappa shape index (κ2) is 5.83. The Labute approximate surface area is 110 Å². The average Bonchev–Trinajstić information content (AvgIpc) is 2.28. The molecule has 1 aromatic carbocycles. The van der Waals surface area contributed by atoms with E-state index in [-0.39, 0.29) is 11.8 Å². The molecule has 0 heterocycles. The van der Waals surface area contributed by atoms with Gasteiger partial charge in [-0.2, -0.15) is 5.26 Å². The number of nitrogens with zero attached hydrogens (tertiary/aromatic N) is 1. The highest BCUT2D eigenvalue weighted by Gasteiger charge is 2.16. The molecule has 17 heavy (non-hydrogen) atoms. The van der Waals surface area contributed by atoms with Crippen molar-refractivity contribution in [3.63, 3.8) is 0 Å². The van der Waals surface area contributed by atoms with Crippen molar-refractivity contribution in [3.8, 4) is 6.07 Å². The zero-order valence-electron chi connectivity index (χ0n) is 10.1. The lowest BCUT2D eigenvalue weighted by atomic mass is 10.0. The molecule has 1 unspecified atom stereocenters.